The molecule has 0 aliphatic rings. The number of hydrogen-bond acceptors (Lipinski definition) is 5. The van der Waals surface area contributed by atoms with Crippen molar-refractivity contribution in [1.29, 1.82) is 0 Å². The molecule has 1 N–H and O–H groups in total. The van der Waals surface area contributed by atoms with E-state index in [0.717, 1.165) is 0 Å². The third-order valence-corrected chi connectivity index (χ3v) is 3.94. The number of nitrogens with one attached hydrogen (secondary N) is 1. The molecule has 21 heavy (non-hydrogen) atoms. The van der Waals surface area contributed by atoms with Crippen LogP contribution in [-0.4, -0.2) is 20.8 Å². The van der Waals surface area contributed by atoms with Gasteiger partial charge in [-0.15, -0.1) is 0 Å². The second-order valence-corrected chi connectivity index (χ2v) is 6.13. The summed E-state index contributed by atoms with van der Waals surface area (Å²) in [4.78, 5) is 30.4. The maximum Gasteiger partial charge on any atom is 0.284 e. The van der Waals surface area contributed by atoms with Gasteiger partial charge in [-0.1, -0.05) is 0 Å². The molecule has 0 spiro atoms. The van der Waals surface area contributed by atoms with Crippen LogP contribution in [0.2, 0.25) is 0 Å². The Labute approximate surface area is 143 Å². The summed E-state index contributed by atoms with van der Waals surface area (Å²) < 4.78 is 1.15. The molecule has 1 amide bonds. The molecule has 0 bridgehead atoms. The van der Waals surface area contributed by atoms with E-state index in [1.54, 1.807) is 0 Å². The molecule has 10 heteroatoms. The topological polar surface area (TPSA) is 98.0 Å². The van der Waals surface area contributed by atoms with Crippen molar-refractivity contribution in [3.63, 3.8) is 0 Å². The molecule has 2 aromatic rings. The van der Waals surface area contributed by atoms with Crippen molar-refractivity contribution in [1.82, 2.24) is 9.97 Å². The van der Waals surface area contributed by atoms with Crippen LogP contribution in [0.3, 0.4) is 0 Å². The Morgan fingerprint density at radius 1 is 1.29 bits per heavy atom. The fraction of sp³-hybridized carbons (Fsp3) is 0. The number of carbonyl (C=O) groups excluding carboxylic acids is 1. The lowest BCUT2D eigenvalue weighted by Crippen LogP contribution is -2.14. The fourth-order valence-corrected chi connectivity index (χ4v) is 2.71. The molecule has 2 rings (SSSR count). The third-order valence-electron chi connectivity index (χ3n) is 2.34. The van der Waals surface area contributed by atoms with Crippen LogP contribution < -0.4 is 5.32 Å². The van der Waals surface area contributed by atoms with Crippen molar-refractivity contribution < 1.29 is 9.72 Å². The summed E-state index contributed by atoms with van der Waals surface area (Å²) >= 11 is 9.37. The van der Waals surface area contributed by atoms with E-state index in [9.17, 15) is 14.9 Å². The predicted molar refractivity (Wildman–Crippen MR) is 86.2 cm³/mol. The van der Waals surface area contributed by atoms with Gasteiger partial charge in [0.15, 0.2) is 5.82 Å². The SMILES string of the molecule is O=C(Nc1ncc(Br)nc1Br)c1ccc(Br)c([N+](=O)[O-])c1. The minimum absolute atomic E-state index is 0.140. The Balaban J connectivity index is 2.28. The fourth-order valence-electron chi connectivity index (χ4n) is 1.40. The highest BCUT2D eigenvalue weighted by Gasteiger charge is 2.17. The molecule has 0 aliphatic heterocycles. The molecular formula is C11H5Br3N4O3. The Hall–Kier alpha value is -1.39. The van der Waals surface area contributed by atoms with Gasteiger partial charge >= 0.3 is 0 Å². The molecule has 1 heterocycles. The monoisotopic (exact) mass is 478 g/mol. The summed E-state index contributed by atoms with van der Waals surface area (Å²) in [6, 6.07) is 4.08. The predicted octanol–water partition coefficient (Wildman–Crippen LogP) is 3.92. The van der Waals surface area contributed by atoms with Gasteiger partial charge in [-0.25, -0.2) is 9.97 Å². The van der Waals surface area contributed by atoms with Crippen LogP contribution >= 0.6 is 47.8 Å². The first-order valence-electron chi connectivity index (χ1n) is 5.32. The van der Waals surface area contributed by atoms with Crippen molar-refractivity contribution in [2.75, 3.05) is 5.32 Å². The highest BCUT2D eigenvalue weighted by molar-refractivity contribution is 9.11. The number of anilines is 1. The van der Waals surface area contributed by atoms with Crippen LogP contribution in [0.4, 0.5) is 11.5 Å². The zero-order valence-electron chi connectivity index (χ0n) is 10.0. The van der Waals surface area contributed by atoms with E-state index in [-0.39, 0.29) is 17.1 Å². The zero-order chi connectivity index (χ0) is 15.6. The number of benzene rings is 1. The van der Waals surface area contributed by atoms with Crippen LogP contribution in [0.25, 0.3) is 0 Å². The Morgan fingerprint density at radius 3 is 2.62 bits per heavy atom. The standard InChI is InChI=1S/C11H5Br3N4O3/c12-6-2-1-5(3-7(6)18(20)21)11(19)17-10-9(14)16-8(13)4-15-10/h1-4H,(H,15,17,19). The van der Waals surface area contributed by atoms with E-state index in [1.807, 2.05) is 0 Å². The molecule has 7 nitrogen and oxygen atoms in total. The number of nitro groups is 1. The summed E-state index contributed by atoms with van der Waals surface area (Å²) in [6.45, 7) is 0. The second-order valence-electron chi connectivity index (χ2n) is 3.71. The highest BCUT2D eigenvalue weighted by atomic mass is 79.9. The highest BCUT2D eigenvalue weighted by Crippen LogP contribution is 2.26. The smallest absolute Gasteiger partial charge is 0.284 e. The third kappa shape index (κ3) is 3.83. The van der Waals surface area contributed by atoms with Gasteiger partial charge in [-0.2, -0.15) is 0 Å². The number of nitrogens with zero attached hydrogens (tertiary/aromatic N) is 3. The lowest BCUT2D eigenvalue weighted by molar-refractivity contribution is -0.385. The molecule has 108 valence electrons. The number of halogens is 3. The van der Waals surface area contributed by atoms with Gasteiger partial charge in [0.25, 0.3) is 11.6 Å². The minimum atomic E-state index is -0.573. The average Bonchev–Trinajstić information content (AvgIpc) is 2.42. The van der Waals surface area contributed by atoms with Crippen molar-refractivity contribution in [3.05, 3.63) is 53.8 Å². The number of hydrogen-bond donors (Lipinski definition) is 1. The van der Waals surface area contributed by atoms with Crippen LogP contribution in [0.1, 0.15) is 10.4 Å². The molecule has 1 aromatic carbocycles. The van der Waals surface area contributed by atoms with E-state index in [4.69, 9.17) is 0 Å². The number of aromatic nitrogens is 2. The van der Waals surface area contributed by atoms with Gasteiger partial charge in [0.05, 0.1) is 15.6 Å². The van der Waals surface area contributed by atoms with Crippen LogP contribution in [0.5, 0.6) is 0 Å². The van der Waals surface area contributed by atoms with Gasteiger partial charge in [0, 0.05) is 11.6 Å². The lowest BCUT2D eigenvalue weighted by Gasteiger charge is -2.06. The van der Waals surface area contributed by atoms with Gasteiger partial charge < -0.3 is 5.32 Å². The number of amides is 1. The van der Waals surface area contributed by atoms with E-state index >= 15 is 0 Å². The quantitative estimate of drug-likeness (QED) is 0.530. The van der Waals surface area contributed by atoms with Gasteiger partial charge in [0.2, 0.25) is 0 Å². The average molecular weight is 481 g/mol. The second kappa shape index (κ2) is 6.58. The number of nitro benzene ring substituents is 1. The molecule has 1 aromatic heterocycles. The summed E-state index contributed by atoms with van der Waals surface area (Å²) in [5.74, 6) is -0.309. The molecule has 0 radical (unpaired) electrons. The maximum absolute atomic E-state index is 12.1. The number of rotatable bonds is 3. The first-order chi connectivity index (χ1) is 9.88. The Kier molecular flexibility index (Phi) is 5.01. The summed E-state index contributed by atoms with van der Waals surface area (Å²) in [7, 11) is 0. The van der Waals surface area contributed by atoms with Crippen LogP contribution in [0, 0.1) is 10.1 Å². The number of carbonyl (C=O) groups is 1. The van der Waals surface area contributed by atoms with Gasteiger partial charge in [-0.3, -0.25) is 14.9 Å². The largest absolute Gasteiger partial charge is 0.304 e. The minimum Gasteiger partial charge on any atom is -0.304 e. The van der Waals surface area contributed by atoms with Crippen molar-refractivity contribution in [2.45, 2.75) is 0 Å². The van der Waals surface area contributed by atoms with Crippen molar-refractivity contribution in [3.8, 4) is 0 Å². The summed E-state index contributed by atoms with van der Waals surface area (Å²) in [5.41, 5.74) is -0.0508. The molecule has 0 aliphatic carbocycles. The van der Waals surface area contributed by atoms with E-state index in [2.05, 4.69) is 63.1 Å². The Morgan fingerprint density at radius 2 is 2.00 bits per heavy atom. The maximum atomic E-state index is 12.1. The van der Waals surface area contributed by atoms with Crippen molar-refractivity contribution in [2.24, 2.45) is 0 Å². The normalized spacial score (nSPS) is 10.2. The zero-order valence-corrected chi connectivity index (χ0v) is 14.8. The van der Waals surface area contributed by atoms with Gasteiger partial charge in [0.1, 0.15) is 9.21 Å². The molecule has 0 saturated heterocycles. The van der Waals surface area contributed by atoms with Gasteiger partial charge in [-0.05, 0) is 59.9 Å². The molecule has 0 fully saturated rings. The summed E-state index contributed by atoms with van der Waals surface area (Å²) in [5, 5.41) is 13.4. The Bertz CT molecular complexity index is 739. The molecular weight excluding hydrogens is 476 g/mol. The van der Waals surface area contributed by atoms with E-state index < -0.39 is 10.8 Å². The van der Waals surface area contributed by atoms with Crippen LogP contribution in [-0.2, 0) is 0 Å². The van der Waals surface area contributed by atoms with Crippen LogP contribution in [0.15, 0.2) is 38.1 Å². The first-order valence-corrected chi connectivity index (χ1v) is 7.69. The van der Waals surface area contributed by atoms with Crippen molar-refractivity contribution >= 4 is 65.2 Å². The lowest BCUT2D eigenvalue weighted by atomic mass is 10.2. The van der Waals surface area contributed by atoms with E-state index in [0.29, 0.717) is 13.7 Å². The molecule has 0 saturated carbocycles. The summed E-state index contributed by atoms with van der Waals surface area (Å²) in [6.07, 6.45) is 1.42. The van der Waals surface area contributed by atoms with E-state index in [1.165, 1.54) is 24.4 Å². The first kappa shape index (κ1) is 16.0. The molecule has 0 unspecified atom stereocenters. The molecule has 0 atom stereocenters.